The molecule has 0 saturated heterocycles. The number of carbonyl (C=O) groups is 1. The minimum Gasteiger partial charge on any atom is -0.496 e. The van der Waals surface area contributed by atoms with Gasteiger partial charge in [0, 0.05) is 12.1 Å². The second-order valence-corrected chi connectivity index (χ2v) is 7.03. The van der Waals surface area contributed by atoms with E-state index in [-0.39, 0.29) is 5.82 Å². The number of fused-ring (bicyclic) bond motifs is 3. The van der Waals surface area contributed by atoms with E-state index in [1.54, 1.807) is 7.11 Å². The van der Waals surface area contributed by atoms with Crippen LogP contribution < -0.4 is 4.74 Å². The quantitative estimate of drug-likeness (QED) is 0.878. The fraction of sp³-hybridized carbons (Fsp3) is 0.412. The van der Waals surface area contributed by atoms with Crippen LogP contribution in [0.15, 0.2) is 16.6 Å². The number of imidazole rings is 1. The van der Waals surface area contributed by atoms with Crippen molar-refractivity contribution in [2.75, 3.05) is 7.11 Å². The average molecular weight is 379 g/mol. The highest BCUT2D eigenvalue weighted by Gasteiger charge is 2.28. The molecule has 0 unspecified atom stereocenters. The second-order valence-electron chi connectivity index (χ2n) is 6.18. The first kappa shape index (κ1) is 16.1. The molecule has 0 fully saturated rings. The summed E-state index contributed by atoms with van der Waals surface area (Å²) in [7, 11) is 1.65. The third-order valence-corrected chi connectivity index (χ3v) is 4.69. The van der Waals surface area contributed by atoms with Gasteiger partial charge in [0.2, 0.25) is 5.82 Å². The second kappa shape index (κ2) is 6.00. The summed E-state index contributed by atoms with van der Waals surface area (Å²) in [5, 5.41) is 9.46. The predicted molar refractivity (Wildman–Crippen MR) is 91.1 cm³/mol. The van der Waals surface area contributed by atoms with Crippen molar-refractivity contribution in [3.05, 3.63) is 33.7 Å². The van der Waals surface area contributed by atoms with Gasteiger partial charge in [-0.05, 0) is 52.4 Å². The molecular formula is C17H19BrN2O3. The number of nitrogens with zero attached hydrogens (tertiary/aromatic N) is 2. The number of carboxylic acid groups (broad SMARTS) is 1. The van der Waals surface area contributed by atoms with Gasteiger partial charge in [0.25, 0.3) is 0 Å². The maximum atomic E-state index is 11.5. The van der Waals surface area contributed by atoms with Crippen molar-refractivity contribution in [2.24, 2.45) is 5.92 Å². The molecule has 1 aliphatic heterocycles. The van der Waals surface area contributed by atoms with Gasteiger partial charge in [-0.3, -0.25) is 0 Å². The zero-order valence-corrected chi connectivity index (χ0v) is 15.0. The largest absolute Gasteiger partial charge is 0.496 e. The number of aromatic carboxylic acids is 1. The lowest BCUT2D eigenvalue weighted by molar-refractivity contribution is 0.0678. The number of rotatable bonds is 4. The van der Waals surface area contributed by atoms with E-state index in [2.05, 4.69) is 34.8 Å². The topological polar surface area (TPSA) is 64.3 Å². The summed E-state index contributed by atoms with van der Waals surface area (Å²) in [6.07, 6.45) is 1.52. The molecule has 1 aromatic heterocycles. The molecule has 3 rings (SSSR count). The molecule has 2 heterocycles. The van der Waals surface area contributed by atoms with E-state index in [1.807, 2.05) is 16.7 Å². The molecule has 1 aromatic carbocycles. The fourth-order valence-corrected chi connectivity index (χ4v) is 3.63. The van der Waals surface area contributed by atoms with Crippen molar-refractivity contribution in [1.29, 1.82) is 0 Å². The van der Waals surface area contributed by atoms with Crippen LogP contribution in [0.5, 0.6) is 5.75 Å². The van der Waals surface area contributed by atoms with Crippen LogP contribution in [0.25, 0.3) is 11.3 Å². The standard InChI is InChI=1S/C17H19BrN2O3/c1-9(2)6-13-15-11-8-12(18)14(23-3)7-10(11)4-5-20(15)16(19-13)17(21)22/h7-9H,4-6H2,1-3H3,(H,21,22). The van der Waals surface area contributed by atoms with Gasteiger partial charge in [-0.1, -0.05) is 13.8 Å². The molecule has 0 spiro atoms. The highest BCUT2D eigenvalue weighted by atomic mass is 79.9. The number of aromatic nitrogens is 2. The van der Waals surface area contributed by atoms with E-state index in [0.29, 0.717) is 12.5 Å². The van der Waals surface area contributed by atoms with Gasteiger partial charge in [-0.25, -0.2) is 9.78 Å². The van der Waals surface area contributed by atoms with Crippen LogP contribution in [-0.4, -0.2) is 27.7 Å². The molecule has 0 atom stereocenters. The summed E-state index contributed by atoms with van der Waals surface area (Å²) < 4.78 is 8.07. The number of benzene rings is 1. The lowest BCUT2D eigenvalue weighted by atomic mass is 9.94. The van der Waals surface area contributed by atoms with Crippen molar-refractivity contribution >= 4 is 21.9 Å². The fourth-order valence-electron chi connectivity index (χ4n) is 3.13. The first-order valence-corrected chi connectivity index (χ1v) is 8.41. The monoisotopic (exact) mass is 378 g/mol. The van der Waals surface area contributed by atoms with Crippen LogP contribution in [0.4, 0.5) is 0 Å². The highest BCUT2D eigenvalue weighted by molar-refractivity contribution is 9.10. The lowest BCUT2D eigenvalue weighted by Crippen LogP contribution is -2.16. The van der Waals surface area contributed by atoms with Crippen molar-refractivity contribution in [3.63, 3.8) is 0 Å². The van der Waals surface area contributed by atoms with Gasteiger partial charge in [-0.15, -0.1) is 0 Å². The minimum absolute atomic E-state index is 0.133. The van der Waals surface area contributed by atoms with E-state index in [1.165, 1.54) is 5.56 Å². The average Bonchev–Trinajstić information content (AvgIpc) is 2.85. The summed E-state index contributed by atoms with van der Waals surface area (Å²) in [6, 6.07) is 4.03. The minimum atomic E-state index is -0.975. The predicted octanol–water partition coefficient (Wildman–Crippen LogP) is 3.77. The maximum absolute atomic E-state index is 11.5. The first-order valence-electron chi connectivity index (χ1n) is 7.61. The number of methoxy groups -OCH3 is 1. The molecule has 1 N–H and O–H groups in total. The number of hydrogen-bond acceptors (Lipinski definition) is 3. The Bertz CT molecular complexity index is 781. The smallest absolute Gasteiger partial charge is 0.372 e. The Balaban J connectivity index is 2.23. The molecule has 0 radical (unpaired) electrons. The zero-order chi connectivity index (χ0) is 16.7. The number of hydrogen-bond donors (Lipinski definition) is 1. The van der Waals surface area contributed by atoms with Gasteiger partial charge in [-0.2, -0.15) is 0 Å². The Labute approximate surface area is 143 Å². The summed E-state index contributed by atoms with van der Waals surface area (Å²) >= 11 is 3.53. The van der Waals surface area contributed by atoms with Crippen molar-refractivity contribution < 1.29 is 14.6 Å². The van der Waals surface area contributed by atoms with Crippen LogP contribution in [0.2, 0.25) is 0 Å². The summed E-state index contributed by atoms with van der Waals surface area (Å²) in [5.41, 5.74) is 4.00. The number of ether oxygens (including phenoxy) is 1. The Morgan fingerprint density at radius 1 is 1.48 bits per heavy atom. The zero-order valence-electron chi connectivity index (χ0n) is 13.4. The van der Waals surface area contributed by atoms with Gasteiger partial charge in [0.15, 0.2) is 0 Å². The number of carboxylic acids is 1. The lowest BCUT2D eigenvalue weighted by Gasteiger charge is -2.22. The van der Waals surface area contributed by atoms with Crippen LogP contribution in [-0.2, 0) is 19.4 Å². The van der Waals surface area contributed by atoms with Gasteiger partial charge in [0.1, 0.15) is 5.75 Å². The van der Waals surface area contributed by atoms with Crippen LogP contribution in [0.1, 0.15) is 35.7 Å². The summed E-state index contributed by atoms with van der Waals surface area (Å²) in [5.74, 6) is 0.356. The molecule has 0 amide bonds. The van der Waals surface area contributed by atoms with Crippen molar-refractivity contribution in [1.82, 2.24) is 9.55 Å². The third kappa shape index (κ3) is 2.76. The van der Waals surface area contributed by atoms with Gasteiger partial charge < -0.3 is 14.4 Å². The number of halogens is 1. The molecule has 0 bridgehead atoms. The molecule has 6 heteroatoms. The van der Waals surface area contributed by atoms with E-state index in [9.17, 15) is 9.90 Å². The normalized spacial score (nSPS) is 12.9. The molecule has 122 valence electrons. The molecule has 1 aliphatic rings. The molecule has 0 saturated carbocycles. The molecule has 23 heavy (non-hydrogen) atoms. The maximum Gasteiger partial charge on any atom is 0.372 e. The van der Waals surface area contributed by atoms with E-state index in [4.69, 9.17) is 4.74 Å². The van der Waals surface area contributed by atoms with Crippen molar-refractivity contribution in [3.8, 4) is 17.0 Å². The van der Waals surface area contributed by atoms with Crippen molar-refractivity contribution in [2.45, 2.75) is 33.2 Å². The molecular weight excluding hydrogens is 360 g/mol. The Kier molecular flexibility index (Phi) is 4.19. The summed E-state index contributed by atoms with van der Waals surface area (Å²) in [6.45, 7) is 4.85. The number of aryl methyl sites for hydroxylation is 1. The van der Waals surface area contributed by atoms with E-state index >= 15 is 0 Å². The van der Waals surface area contributed by atoms with E-state index in [0.717, 1.165) is 40.0 Å². The Hall–Kier alpha value is -1.82. The summed E-state index contributed by atoms with van der Waals surface area (Å²) in [4.78, 5) is 16.0. The SMILES string of the molecule is COc1cc2c(cc1Br)-c1c(CC(C)C)nc(C(=O)O)n1CC2. The first-order chi connectivity index (χ1) is 10.9. The Morgan fingerprint density at radius 3 is 2.83 bits per heavy atom. The molecule has 0 aliphatic carbocycles. The van der Waals surface area contributed by atoms with Gasteiger partial charge in [0.05, 0.1) is 23.0 Å². The third-order valence-electron chi connectivity index (χ3n) is 4.07. The van der Waals surface area contributed by atoms with E-state index < -0.39 is 5.97 Å². The Morgan fingerprint density at radius 2 is 2.22 bits per heavy atom. The van der Waals surface area contributed by atoms with Crippen LogP contribution in [0, 0.1) is 5.92 Å². The molecule has 2 aromatic rings. The van der Waals surface area contributed by atoms with Crippen LogP contribution >= 0.6 is 15.9 Å². The highest BCUT2D eigenvalue weighted by Crippen LogP contribution is 2.39. The van der Waals surface area contributed by atoms with Gasteiger partial charge >= 0.3 is 5.97 Å². The molecule has 5 nitrogen and oxygen atoms in total. The van der Waals surface area contributed by atoms with Crippen LogP contribution in [0.3, 0.4) is 0 Å².